The van der Waals surface area contributed by atoms with Crippen LogP contribution < -0.4 is 0 Å². The van der Waals surface area contributed by atoms with E-state index < -0.39 is 0 Å². The Labute approximate surface area is 102 Å². The summed E-state index contributed by atoms with van der Waals surface area (Å²) < 4.78 is 5.18. The van der Waals surface area contributed by atoms with Gasteiger partial charge in [0.25, 0.3) is 0 Å². The molecule has 1 N–H and O–H groups in total. The molecule has 1 rings (SSSR count). The van der Waals surface area contributed by atoms with E-state index in [1.807, 2.05) is 37.3 Å². The van der Waals surface area contributed by atoms with Crippen LogP contribution in [-0.2, 0) is 9.53 Å². The number of aliphatic hydroxyl groups excluding tert-OH is 1. The number of carbonyl (C=O) groups excluding carboxylic acids is 1. The van der Waals surface area contributed by atoms with Gasteiger partial charge < -0.3 is 9.84 Å². The highest BCUT2D eigenvalue weighted by molar-refractivity contribution is 5.87. The summed E-state index contributed by atoms with van der Waals surface area (Å²) >= 11 is 0. The van der Waals surface area contributed by atoms with Crippen LogP contribution in [-0.4, -0.2) is 23.8 Å². The molecule has 0 aliphatic carbocycles. The van der Waals surface area contributed by atoms with Gasteiger partial charge in [-0.1, -0.05) is 37.3 Å². The standard InChI is InChI=1S/C14H18O3/c1-2-13(10-11-15)17-14(16)9-8-12-6-4-3-5-7-12/h3-9,13,15H,2,10-11H2,1H3. The van der Waals surface area contributed by atoms with Gasteiger partial charge in [-0.25, -0.2) is 4.79 Å². The maximum absolute atomic E-state index is 11.5. The van der Waals surface area contributed by atoms with Crippen LogP contribution in [0.4, 0.5) is 0 Å². The molecule has 0 aromatic heterocycles. The van der Waals surface area contributed by atoms with Crippen LogP contribution >= 0.6 is 0 Å². The molecule has 0 aliphatic rings. The molecule has 0 amide bonds. The smallest absolute Gasteiger partial charge is 0.331 e. The van der Waals surface area contributed by atoms with Crippen LogP contribution in [0.2, 0.25) is 0 Å². The maximum Gasteiger partial charge on any atom is 0.331 e. The molecule has 17 heavy (non-hydrogen) atoms. The largest absolute Gasteiger partial charge is 0.459 e. The predicted molar refractivity (Wildman–Crippen MR) is 67.3 cm³/mol. The third-order valence-corrected chi connectivity index (χ3v) is 2.40. The second-order valence-electron chi connectivity index (χ2n) is 3.72. The Hall–Kier alpha value is -1.61. The fourth-order valence-corrected chi connectivity index (χ4v) is 1.42. The van der Waals surface area contributed by atoms with Crippen LogP contribution in [0.5, 0.6) is 0 Å². The third kappa shape index (κ3) is 5.31. The van der Waals surface area contributed by atoms with Crippen molar-refractivity contribution in [2.24, 2.45) is 0 Å². The zero-order valence-corrected chi connectivity index (χ0v) is 10.0. The summed E-state index contributed by atoms with van der Waals surface area (Å²) in [5.41, 5.74) is 0.958. The Balaban J connectivity index is 2.46. The number of ether oxygens (including phenoxy) is 1. The molecule has 1 aromatic carbocycles. The zero-order valence-electron chi connectivity index (χ0n) is 10.0. The molecular formula is C14H18O3. The predicted octanol–water partition coefficient (Wildman–Crippen LogP) is 2.40. The third-order valence-electron chi connectivity index (χ3n) is 2.40. The second kappa shape index (κ2) is 7.63. The van der Waals surface area contributed by atoms with Gasteiger partial charge in [0.15, 0.2) is 0 Å². The minimum absolute atomic E-state index is 0.0359. The number of carbonyl (C=O) groups is 1. The number of rotatable bonds is 6. The van der Waals surface area contributed by atoms with Crippen molar-refractivity contribution in [3.05, 3.63) is 42.0 Å². The Morgan fingerprint density at radius 2 is 2.12 bits per heavy atom. The molecule has 0 fully saturated rings. The summed E-state index contributed by atoms with van der Waals surface area (Å²) in [5.74, 6) is -0.367. The number of benzene rings is 1. The number of hydrogen-bond acceptors (Lipinski definition) is 3. The van der Waals surface area contributed by atoms with E-state index in [-0.39, 0.29) is 18.7 Å². The summed E-state index contributed by atoms with van der Waals surface area (Å²) in [5, 5.41) is 8.78. The molecule has 0 spiro atoms. The zero-order chi connectivity index (χ0) is 12.5. The Kier molecular flexibility index (Phi) is 6.04. The van der Waals surface area contributed by atoms with Crippen LogP contribution in [0.25, 0.3) is 6.08 Å². The van der Waals surface area contributed by atoms with E-state index in [1.54, 1.807) is 6.08 Å². The molecule has 0 saturated carbocycles. The first kappa shape index (κ1) is 13.5. The molecule has 92 valence electrons. The fraction of sp³-hybridized carbons (Fsp3) is 0.357. The van der Waals surface area contributed by atoms with Gasteiger partial charge in [-0.15, -0.1) is 0 Å². The minimum Gasteiger partial charge on any atom is -0.459 e. The van der Waals surface area contributed by atoms with Crippen LogP contribution in [0.3, 0.4) is 0 Å². The van der Waals surface area contributed by atoms with Gasteiger partial charge in [0.1, 0.15) is 6.10 Å². The molecule has 0 radical (unpaired) electrons. The molecule has 1 unspecified atom stereocenters. The van der Waals surface area contributed by atoms with Crippen molar-refractivity contribution >= 4 is 12.0 Å². The fourth-order valence-electron chi connectivity index (χ4n) is 1.42. The second-order valence-corrected chi connectivity index (χ2v) is 3.72. The van der Waals surface area contributed by atoms with Gasteiger partial charge in [0.2, 0.25) is 0 Å². The number of esters is 1. The highest BCUT2D eigenvalue weighted by Gasteiger charge is 2.09. The van der Waals surface area contributed by atoms with Crippen molar-refractivity contribution in [1.29, 1.82) is 0 Å². The quantitative estimate of drug-likeness (QED) is 0.607. The molecule has 0 bridgehead atoms. The lowest BCUT2D eigenvalue weighted by molar-refractivity contribution is -0.143. The number of aliphatic hydroxyl groups is 1. The minimum atomic E-state index is -0.367. The lowest BCUT2D eigenvalue weighted by Crippen LogP contribution is -2.17. The van der Waals surface area contributed by atoms with Gasteiger partial charge in [-0.3, -0.25) is 0 Å². The van der Waals surface area contributed by atoms with Gasteiger partial charge in [-0.05, 0) is 18.1 Å². The Morgan fingerprint density at radius 3 is 2.71 bits per heavy atom. The summed E-state index contributed by atoms with van der Waals surface area (Å²) in [7, 11) is 0. The van der Waals surface area contributed by atoms with E-state index in [0.29, 0.717) is 12.8 Å². The molecule has 1 aromatic rings. The first-order valence-corrected chi connectivity index (χ1v) is 5.81. The topological polar surface area (TPSA) is 46.5 Å². The van der Waals surface area contributed by atoms with Crippen molar-refractivity contribution in [3.63, 3.8) is 0 Å². The van der Waals surface area contributed by atoms with Crippen molar-refractivity contribution in [2.45, 2.75) is 25.9 Å². The molecular weight excluding hydrogens is 216 g/mol. The average molecular weight is 234 g/mol. The number of hydrogen-bond donors (Lipinski definition) is 1. The molecule has 3 nitrogen and oxygen atoms in total. The Morgan fingerprint density at radius 1 is 1.41 bits per heavy atom. The highest BCUT2D eigenvalue weighted by Crippen LogP contribution is 2.05. The molecule has 0 heterocycles. The lowest BCUT2D eigenvalue weighted by Gasteiger charge is -2.13. The lowest BCUT2D eigenvalue weighted by atomic mass is 10.2. The summed E-state index contributed by atoms with van der Waals surface area (Å²) in [6, 6.07) is 9.56. The van der Waals surface area contributed by atoms with Crippen molar-refractivity contribution < 1.29 is 14.6 Å². The first-order chi connectivity index (χ1) is 8.26. The average Bonchev–Trinajstić information content (AvgIpc) is 2.37. The van der Waals surface area contributed by atoms with E-state index in [9.17, 15) is 4.79 Å². The SMILES string of the molecule is CCC(CCO)OC(=O)C=Cc1ccccc1. The molecule has 0 saturated heterocycles. The molecule has 1 atom stereocenters. The van der Waals surface area contributed by atoms with Crippen LogP contribution in [0.1, 0.15) is 25.3 Å². The van der Waals surface area contributed by atoms with E-state index in [2.05, 4.69) is 0 Å². The van der Waals surface area contributed by atoms with E-state index in [0.717, 1.165) is 5.56 Å². The monoisotopic (exact) mass is 234 g/mol. The van der Waals surface area contributed by atoms with Crippen LogP contribution in [0, 0.1) is 0 Å². The maximum atomic E-state index is 11.5. The summed E-state index contributed by atoms with van der Waals surface area (Å²) in [4.78, 5) is 11.5. The normalized spacial score (nSPS) is 12.6. The summed E-state index contributed by atoms with van der Waals surface area (Å²) in [6.45, 7) is 1.96. The first-order valence-electron chi connectivity index (χ1n) is 5.81. The van der Waals surface area contributed by atoms with Crippen molar-refractivity contribution in [1.82, 2.24) is 0 Å². The van der Waals surface area contributed by atoms with Gasteiger partial charge in [-0.2, -0.15) is 0 Å². The van der Waals surface area contributed by atoms with Crippen molar-refractivity contribution in [2.75, 3.05) is 6.61 Å². The molecule has 3 heteroatoms. The highest BCUT2D eigenvalue weighted by atomic mass is 16.5. The van der Waals surface area contributed by atoms with Gasteiger partial charge in [0.05, 0.1) is 0 Å². The Bertz CT molecular complexity index is 357. The van der Waals surface area contributed by atoms with Crippen molar-refractivity contribution in [3.8, 4) is 0 Å². The van der Waals surface area contributed by atoms with Crippen LogP contribution in [0.15, 0.2) is 36.4 Å². The van der Waals surface area contributed by atoms with Gasteiger partial charge >= 0.3 is 5.97 Å². The van der Waals surface area contributed by atoms with E-state index in [4.69, 9.17) is 9.84 Å². The van der Waals surface area contributed by atoms with E-state index >= 15 is 0 Å². The molecule has 0 aliphatic heterocycles. The van der Waals surface area contributed by atoms with E-state index in [1.165, 1.54) is 6.08 Å². The van der Waals surface area contributed by atoms with Gasteiger partial charge in [0, 0.05) is 19.1 Å². The summed E-state index contributed by atoms with van der Waals surface area (Å²) in [6.07, 6.45) is 4.13.